The molecule has 0 heterocycles. The predicted molar refractivity (Wildman–Crippen MR) is 77.3 cm³/mol. The van der Waals surface area contributed by atoms with E-state index in [2.05, 4.69) is 5.16 Å². The minimum atomic E-state index is -0.708. The predicted octanol–water partition coefficient (Wildman–Crippen LogP) is 2.68. The third kappa shape index (κ3) is 4.05. The monoisotopic (exact) mass is 293 g/mol. The summed E-state index contributed by atoms with van der Waals surface area (Å²) in [7, 11) is 1.46. The molecule has 0 aliphatic heterocycles. The van der Waals surface area contributed by atoms with Crippen molar-refractivity contribution < 1.29 is 24.3 Å². The summed E-state index contributed by atoms with van der Waals surface area (Å²) >= 11 is 0. The average Bonchev–Trinajstić information content (AvgIpc) is 2.44. The standard InChI is InChI=1S/C15H19NO5/c1-9(16-19)13(17)11-8-10(20-5)6-7-12(11)21-14(18)15(2,3)4/h6-8,19H,1-5H3. The molecule has 1 aromatic carbocycles. The number of methoxy groups -OCH3 is 1. The van der Waals surface area contributed by atoms with E-state index in [-0.39, 0.29) is 17.0 Å². The SMILES string of the molecule is COc1ccc(OC(=O)C(C)(C)C)c(C(=O)C(C)=NO)c1. The van der Waals surface area contributed by atoms with Gasteiger partial charge in [-0.1, -0.05) is 5.16 Å². The Morgan fingerprint density at radius 2 is 1.86 bits per heavy atom. The Bertz CT molecular complexity index is 584. The van der Waals surface area contributed by atoms with Gasteiger partial charge >= 0.3 is 5.97 Å². The summed E-state index contributed by atoms with van der Waals surface area (Å²) in [5, 5.41) is 11.6. The average molecular weight is 293 g/mol. The van der Waals surface area contributed by atoms with Gasteiger partial charge in [0.1, 0.15) is 17.2 Å². The minimum Gasteiger partial charge on any atom is -0.497 e. The maximum atomic E-state index is 12.2. The molecule has 0 aliphatic carbocycles. The van der Waals surface area contributed by atoms with Gasteiger partial charge in [0.05, 0.1) is 18.1 Å². The second kappa shape index (κ2) is 6.39. The highest BCUT2D eigenvalue weighted by atomic mass is 16.5. The number of carbonyl (C=O) groups is 2. The molecule has 0 bridgehead atoms. The van der Waals surface area contributed by atoms with Gasteiger partial charge in [0.15, 0.2) is 0 Å². The van der Waals surface area contributed by atoms with Gasteiger partial charge in [-0.3, -0.25) is 9.59 Å². The van der Waals surface area contributed by atoms with E-state index in [1.807, 2.05) is 0 Å². The Balaban J connectivity index is 3.26. The van der Waals surface area contributed by atoms with Gasteiger partial charge in [0.25, 0.3) is 0 Å². The van der Waals surface area contributed by atoms with E-state index >= 15 is 0 Å². The summed E-state index contributed by atoms with van der Waals surface area (Å²) in [4.78, 5) is 24.1. The van der Waals surface area contributed by atoms with Crippen molar-refractivity contribution in [1.82, 2.24) is 0 Å². The zero-order valence-corrected chi connectivity index (χ0v) is 12.8. The van der Waals surface area contributed by atoms with Crippen LogP contribution < -0.4 is 9.47 Å². The lowest BCUT2D eigenvalue weighted by atomic mass is 9.97. The number of benzene rings is 1. The molecule has 6 nitrogen and oxygen atoms in total. The molecular formula is C15H19NO5. The molecule has 0 spiro atoms. The number of oxime groups is 1. The van der Waals surface area contributed by atoms with Crippen LogP contribution in [0.25, 0.3) is 0 Å². The van der Waals surface area contributed by atoms with Crippen LogP contribution in [-0.4, -0.2) is 29.8 Å². The van der Waals surface area contributed by atoms with Gasteiger partial charge < -0.3 is 14.7 Å². The number of rotatable bonds is 4. The van der Waals surface area contributed by atoms with E-state index in [9.17, 15) is 9.59 Å². The highest BCUT2D eigenvalue weighted by molar-refractivity contribution is 6.45. The molecular weight excluding hydrogens is 274 g/mol. The fourth-order valence-electron chi connectivity index (χ4n) is 1.40. The van der Waals surface area contributed by atoms with Gasteiger partial charge in [0, 0.05) is 0 Å². The van der Waals surface area contributed by atoms with Crippen LogP contribution in [0.1, 0.15) is 38.1 Å². The van der Waals surface area contributed by atoms with Crippen molar-refractivity contribution in [1.29, 1.82) is 0 Å². The zero-order chi connectivity index (χ0) is 16.2. The number of esters is 1. The molecule has 0 aliphatic rings. The fourth-order valence-corrected chi connectivity index (χ4v) is 1.40. The fraction of sp³-hybridized carbons (Fsp3) is 0.400. The molecule has 0 aromatic heterocycles. The summed E-state index contributed by atoms with van der Waals surface area (Å²) in [6.45, 7) is 6.49. The molecule has 6 heteroatoms. The summed E-state index contributed by atoms with van der Waals surface area (Å²) in [5.74, 6) is -0.489. The summed E-state index contributed by atoms with van der Waals surface area (Å²) < 4.78 is 10.3. The number of nitrogens with zero attached hydrogens (tertiary/aromatic N) is 1. The lowest BCUT2D eigenvalue weighted by Gasteiger charge is -2.18. The first-order valence-electron chi connectivity index (χ1n) is 6.34. The van der Waals surface area contributed by atoms with E-state index < -0.39 is 17.2 Å². The highest BCUT2D eigenvalue weighted by Gasteiger charge is 2.26. The normalized spacial score (nSPS) is 12.0. The summed E-state index contributed by atoms with van der Waals surface area (Å²) in [6.07, 6.45) is 0. The van der Waals surface area contributed by atoms with Gasteiger partial charge in [-0.25, -0.2) is 0 Å². The van der Waals surface area contributed by atoms with Gasteiger partial charge in [0.2, 0.25) is 5.78 Å². The maximum Gasteiger partial charge on any atom is 0.316 e. The number of Topliss-reactive ketones (excluding diaryl/α,β-unsaturated/α-hetero) is 1. The Kier molecular flexibility index (Phi) is 5.07. The van der Waals surface area contributed by atoms with Crippen LogP contribution in [-0.2, 0) is 4.79 Å². The van der Waals surface area contributed by atoms with Crippen molar-refractivity contribution in [2.24, 2.45) is 10.6 Å². The van der Waals surface area contributed by atoms with Crippen LogP contribution >= 0.6 is 0 Å². The van der Waals surface area contributed by atoms with E-state index in [0.717, 1.165) is 0 Å². The van der Waals surface area contributed by atoms with Gasteiger partial charge in [-0.05, 0) is 45.9 Å². The molecule has 1 N–H and O–H groups in total. The zero-order valence-electron chi connectivity index (χ0n) is 12.8. The molecule has 21 heavy (non-hydrogen) atoms. The van der Waals surface area contributed by atoms with E-state index in [1.165, 1.54) is 26.2 Å². The number of ketones is 1. The van der Waals surface area contributed by atoms with E-state index in [0.29, 0.717) is 5.75 Å². The Morgan fingerprint density at radius 3 is 2.33 bits per heavy atom. The van der Waals surface area contributed by atoms with Crippen LogP contribution in [0.15, 0.2) is 23.4 Å². The second-order valence-electron chi connectivity index (χ2n) is 5.52. The van der Waals surface area contributed by atoms with Crippen LogP contribution in [0.5, 0.6) is 11.5 Å². The van der Waals surface area contributed by atoms with Crippen LogP contribution in [0.3, 0.4) is 0 Å². The van der Waals surface area contributed by atoms with Crippen molar-refractivity contribution in [2.75, 3.05) is 7.11 Å². The Hall–Kier alpha value is -2.37. The van der Waals surface area contributed by atoms with Crippen LogP contribution in [0, 0.1) is 5.41 Å². The third-order valence-corrected chi connectivity index (χ3v) is 2.72. The topological polar surface area (TPSA) is 85.2 Å². The molecule has 1 aromatic rings. The second-order valence-corrected chi connectivity index (χ2v) is 5.52. The van der Waals surface area contributed by atoms with Gasteiger partial charge in [-0.15, -0.1) is 0 Å². The molecule has 0 saturated heterocycles. The van der Waals surface area contributed by atoms with Crippen molar-refractivity contribution in [3.05, 3.63) is 23.8 Å². The lowest BCUT2D eigenvalue weighted by molar-refractivity contribution is -0.143. The summed E-state index contributed by atoms with van der Waals surface area (Å²) in [5.41, 5.74) is -0.723. The quantitative estimate of drug-likeness (QED) is 0.230. The van der Waals surface area contributed by atoms with Gasteiger partial charge in [-0.2, -0.15) is 0 Å². The number of ether oxygens (including phenoxy) is 2. The highest BCUT2D eigenvalue weighted by Crippen LogP contribution is 2.27. The Morgan fingerprint density at radius 1 is 1.24 bits per heavy atom. The molecule has 0 atom stereocenters. The Labute approximate surface area is 123 Å². The van der Waals surface area contributed by atoms with Crippen molar-refractivity contribution in [3.63, 3.8) is 0 Å². The molecule has 0 unspecified atom stereocenters. The summed E-state index contributed by atoms with van der Waals surface area (Å²) in [6, 6.07) is 4.48. The third-order valence-electron chi connectivity index (χ3n) is 2.72. The molecule has 0 saturated carbocycles. The van der Waals surface area contributed by atoms with E-state index in [4.69, 9.17) is 14.7 Å². The van der Waals surface area contributed by atoms with Crippen molar-refractivity contribution in [2.45, 2.75) is 27.7 Å². The maximum absolute atomic E-state index is 12.2. The minimum absolute atomic E-state index is 0.0993. The van der Waals surface area contributed by atoms with Crippen molar-refractivity contribution >= 4 is 17.5 Å². The molecule has 0 amide bonds. The first-order chi connectivity index (χ1) is 9.70. The number of carbonyl (C=O) groups excluding carboxylic acids is 2. The lowest BCUT2D eigenvalue weighted by Crippen LogP contribution is -2.26. The first-order valence-corrected chi connectivity index (χ1v) is 6.34. The van der Waals surface area contributed by atoms with Crippen LogP contribution in [0.4, 0.5) is 0 Å². The number of hydrogen-bond acceptors (Lipinski definition) is 6. The molecule has 1 rings (SSSR count). The molecule has 114 valence electrons. The van der Waals surface area contributed by atoms with Crippen molar-refractivity contribution in [3.8, 4) is 11.5 Å². The van der Waals surface area contributed by atoms with Crippen LogP contribution in [0.2, 0.25) is 0 Å². The first kappa shape index (κ1) is 16.7. The smallest absolute Gasteiger partial charge is 0.316 e. The molecule has 0 fully saturated rings. The van der Waals surface area contributed by atoms with E-state index in [1.54, 1.807) is 26.8 Å². The number of hydrogen-bond donors (Lipinski definition) is 1. The molecule has 0 radical (unpaired) electrons. The largest absolute Gasteiger partial charge is 0.497 e.